The topological polar surface area (TPSA) is 25.4 Å². The van der Waals surface area contributed by atoms with E-state index in [0.717, 1.165) is 37.6 Å². The zero-order chi connectivity index (χ0) is 9.80. The molecule has 1 aromatic rings. The molecule has 0 N–H and O–H groups in total. The maximum atomic E-state index is 5.32. The van der Waals surface area contributed by atoms with Crippen molar-refractivity contribution in [3.63, 3.8) is 0 Å². The molecule has 0 aromatic carbocycles. The summed E-state index contributed by atoms with van der Waals surface area (Å²) >= 11 is 0. The van der Waals surface area contributed by atoms with Gasteiger partial charge in [0.1, 0.15) is 0 Å². The minimum absolute atomic E-state index is 0.778. The third-order valence-corrected chi connectivity index (χ3v) is 2.27. The van der Waals surface area contributed by atoms with Crippen LogP contribution in [0.25, 0.3) is 0 Å². The summed E-state index contributed by atoms with van der Waals surface area (Å²) in [5, 5.41) is 0. The van der Waals surface area contributed by atoms with Crippen LogP contribution in [0, 0.1) is 12.3 Å². The van der Waals surface area contributed by atoms with Crippen LogP contribution in [0.1, 0.15) is 5.56 Å². The predicted octanol–water partition coefficient (Wildman–Crippen LogP) is 0.899. The van der Waals surface area contributed by atoms with Crippen LogP contribution in [0.4, 0.5) is 5.69 Å². The normalized spacial score (nSPS) is 16.4. The van der Waals surface area contributed by atoms with E-state index in [1.54, 1.807) is 6.20 Å². The highest BCUT2D eigenvalue weighted by molar-refractivity contribution is 5.49. The molecule has 72 valence electrons. The Morgan fingerprint density at radius 3 is 2.86 bits per heavy atom. The number of hydrogen-bond acceptors (Lipinski definition) is 3. The molecule has 0 atom stereocenters. The van der Waals surface area contributed by atoms with Crippen molar-refractivity contribution in [2.24, 2.45) is 0 Å². The van der Waals surface area contributed by atoms with Gasteiger partial charge in [-0.25, -0.2) is 0 Å². The third kappa shape index (κ3) is 1.86. The van der Waals surface area contributed by atoms with Gasteiger partial charge in [-0.15, -0.1) is 6.42 Å². The van der Waals surface area contributed by atoms with Crippen molar-refractivity contribution >= 4 is 5.69 Å². The SMILES string of the molecule is C#Cc1cncc(N2CCOCC2)c1. The van der Waals surface area contributed by atoms with Crippen LogP contribution in [0.2, 0.25) is 0 Å². The van der Waals surface area contributed by atoms with Gasteiger partial charge >= 0.3 is 0 Å². The van der Waals surface area contributed by atoms with Gasteiger partial charge in [0, 0.05) is 24.8 Å². The van der Waals surface area contributed by atoms with Gasteiger partial charge in [-0.05, 0) is 6.07 Å². The van der Waals surface area contributed by atoms with Gasteiger partial charge in [0.05, 0.1) is 25.1 Å². The van der Waals surface area contributed by atoms with Crippen molar-refractivity contribution in [2.75, 3.05) is 31.2 Å². The van der Waals surface area contributed by atoms with E-state index in [2.05, 4.69) is 15.8 Å². The first-order valence-electron chi connectivity index (χ1n) is 4.64. The summed E-state index contributed by atoms with van der Waals surface area (Å²) in [4.78, 5) is 6.34. The summed E-state index contributed by atoms with van der Waals surface area (Å²) in [6.07, 6.45) is 8.85. The van der Waals surface area contributed by atoms with Crippen molar-refractivity contribution in [3.8, 4) is 12.3 Å². The summed E-state index contributed by atoms with van der Waals surface area (Å²) in [7, 11) is 0. The molecule has 0 radical (unpaired) electrons. The molecule has 0 amide bonds. The molecule has 0 bridgehead atoms. The third-order valence-electron chi connectivity index (χ3n) is 2.27. The smallest absolute Gasteiger partial charge is 0.0642 e. The number of terminal acetylenes is 1. The first kappa shape index (κ1) is 9.04. The van der Waals surface area contributed by atoms with Crippen LogP contribution in [0.15, 0.2) is 18.5 Å². The quantitative estimate of drug-likeness (QED) is 0.612. The lowest BCUT2D eigenvalue weighted by Gasteiger charge is -2.28. The predicted molar refractivity (Wildman–Crippen MR) is 55.2 cm³/mol. The maximum Gasteiger partial charge on any atom is 0.0642 e. The lowest BCUT2D eigenvalue weighted by molar-refractivity contribution is 0.122. The van der Waals surface area contributed by atoms with Gasteiger partial charge in [0.2, 0.25) is 0 Å². The Balaban J connectivity index is 2.18. The van der Waals surface area contributed by atoms with E-state index in [9.17, 15) is 0 Å². The van der Waals surface area contributed by atoms with Crippen LogP contribution >= 0.6 is 0 Å². The number of pyridine rings is 1. The highest BCUT2D eigenvalue weighted by atomic mass is 16.5. The van der Waals surface area contributed by atoms with E-state index in [0.29, 0.717) is 0 Å². The van der Waals surface area contributed by atoms with E-state index in [-0.39, 0.29) is 0 Å². The molecule has 2 rings (SSSR count). The second kappa shape index (κ2) is 4.12. The Morgan fingerprint density at radius 2 is 2.14 bits per heavy atom. The Kier molecular flexibility index (Phi) is 2.66. The molecule has 1 fully saturated rings. The molecule has 0 spiro atoms. The average molecular weight is 188 g/mol. The van der Waals surface area contributed by atoms with Crippen LogP contribution in [-0.4, -0.2) is 31.3 Å². The van der Waals surface area contributed by atoms with Crippen molar-refractivity contribution in [1.82, 2.24) is 4.98 Å². The van der Waals surface area contributed by atoms with Gasteiger partial charge in [-0.1, -0.05) is 5.92 Å². The highest BCUT2D eigenvalue weighted by Crippen LogP contribution is 2.15. The van der Waals surface area contributed by atoms with E-state index in [1.807, 2.05) is 12.3 Å². The second-order valence-electron chi connectivity index (χ2n) is 3.18. The molecule has 1 aliphatic heterocycles. The van der Waals surface area contributed by atoms with Gasteiger partial charge in [0.15, 0.2) is 0 Å². The number of morpholine rings is 1. The van der Waals surface area contributed by atoms with E-state index in [1.165, 1.54) is 0 Å². The Labute approximate surface area is 83.7 Å². The number of rotatable bonds is 1. The van der Waals surface area contributed by atoms with E-state index < -0.39 is 0 Å². The summed E-state index contributed by atoms with van der Waals surface area (Å²) in [6.45, 7) is 3.38. The molecule has 3 nitrogen and oxygen atoms in total. The summed E-state index contributed by atoms with van der Waals surface area (Å²) < 4.78 is 5.28. The molecular formula is C11H12N2O. The van der Waals surface area contributed by atoms with Crippen LogP contribution < -0.4 is 4.90 Å². The molecular weight excluding hydrogens is 176 g/mol. The first-order chi connectivity index (χ1) is 6.90. The lowest BCUT2D eigenvalue weighted by atomic mass is 10.2. The van der Waals surface area contributed by atoms with Crippen LogP contribution in [0.3, 0.4) is 0 Å². The number of hydrogen-bond donors (Lipinski definition) is 0. The Bertz CT molecular complexity index is 351. The number of ether oxygens (including phenoxy) is 1. The average Bonchev–Trinajstić information content (AvgIpc) is 2.30. The molecule has 0 unspecified atom stereocenters. The monoisotopic (exact) mass is 188 g/mol. The Hall–Kier alpha value is -1.53. The fourth-order valence-electron chi connectivity index (χ4n) is 1.50. The van der Waals surface area contributed by atoms with E-state index >= 15 is 0 Å². The van der Waals surface area contributed by atoms with Crippen molar-refractivity contribution in [3.05, 3.63) is 24.0 Å². The number of nitrogens with zero attached hydrogens (tertiary/aromatic N) is 2. The maximum absolute atomic E-state index is 5.32. The van der Waals surface area contributed by atoms with Gasteiger partial charge in [-0.3, -0.25) is 4.98 Å². The second-order valence-corrected chi connectivity index (χ2v) is 3.18. The van der Waals surface area contributed by atoms with Gasteiger partial charge < -0.3 is 9.64 Å². The van der Waals surface area contributed by atoms with Crippen molar-refractivity contribution in [1.29, 1.82) is 0 Å². The fraction of sp³-hybridized carbons (Fsp3) is 0.364. The number of anilines is 1. The molecule has 2 heterocycles. The van der Waals surface area contributed by atoms with Crippen molar-refractivity contribution in [2.45, 2.75) is 0 Å². The van der Waals surface area contributed by atoms with Gasteiger partial charge in [0.25, 0.3) is 0 Å². The summed E-state index contributed by atoms with van der Waals surface area (Å²) in [5.74, 6) is 2.59. The molecule has 3 heteroatoms. The van der Waals surface area contributed by atoms with Crippen LogP contribution in [-0.2, 0) is 4.74 Å². The standard InChI is InChI=1S/C11H12N2O/c1-2-10-7-11(9-12-8-10)13-3-5-14-6-4-13/h1,7-9H,3-6H2. The fourth-order valence-corrected chi connectivity index (χ4v) is 1.50. The largest absolute Gasteiger partial charge is 0.378 e. The zero-order valence-electron chi connectivity index (χ0n) is 7.94. The van der Waals surface area contributed by atoms with Gasteiger partial charge in [-0.2, -0.15) is 0 Å². The molecule has 0 aliphatic carbocycles. The molecule has 1 saturated heterocycles. The van der Waals surface area contributed by atoms with Crippen molar-refractivity contribution < 1.29 is 4.74 Å². The molecule has 0 saturated carbocycles. The minimum Gasteiger partial charge on any atom is -0.378 e. The summed E-state index contributed by atoms with van der Waals surface area (Å²) in [5.41, 5.74) is 1.91. The van der Waals surface area contributed by atoms with E-state index in [4.69, 9.17) is 11.2 Å². The Morgan fingerprint density at radius 1 is 1.36 bits per heavy atom. The molecule has 14 heavy (non-hydrogen) atoms. The van der Waals surface area contributed by atoms with Crippen LogP contribution in [0.5, 0.6) is 0 Å². The lowest BCUT2D eigenvalue weighted by Crippen LogP contribution is -2.36. The summed E-state index contributed by atoms with van der Waals surface area (Å²) in [6, 6.07) is 1.98. The number of aromatic nitrogens is 1. The first-order valence-corrected chi connectivity index (χ1v) is 4.64. The molecule has 1 aromatic heterocycles. The zero-order valence-corrected chi connectivity index (χ0v) is 7.94. The highest BCUT2D eigenvalue weighted by Gasteiger charge is 2.11. The molecule has 1 aliphatic rings. The minimum atomic E-state index is 0.778.